The van der Waals surface area contributed by atoms with E-state index in [0.29, 0.717) is 15.7 Å². The number of primary amides is 1. The molecule has 0 aliphatic heterocycles. The summed E-state index contributed by atoms with van der Waals surface area (Å²) in [5.74, 6) is -0.960. The van der Waals surface area contributed by atoms with E-state index in [4.69, 9.17) is 5.73 Å². The molecule has 0 unspecified atom stereocenters. The largest absolute Gasteiger partial charge is 0.370 e. The minimum atomic E-state index is -0.651. The number of nitrogens with zero attached hydrogens (tertiary/aromatic N) is 3. The molecule has 0 atom stereocenters. The number of amides is 1. The summed E-state index contributed by atoms with van der Waals surface area (Å²) in [5, 5.41) is 2.95. The lowest BCUT2D eigenvalue weighted by Crippen LogP contribution is -2.40. The number of hydrogen-bond donors (Lipinski definition) is 2. The number of hydrogen-bond acceptors (Lipinski definition) is 5. The van der Waals surface area contributed by atoms with Gasteiger partial charge in [-0.3, -0.25) is 28.1 Å². The standard InChI is InChI=1S/C25H23FIN5O4/c1-13-21-20(22(30(2)23(13)34)29-18-9-8-15(27)12-17(18)26)24(35)31(3)25(36)32(21)16-6-4-5-14(11-16)7-10-19(28)33/h4-6,8-9,11-12,29H,7,10H2,1-3H3,(H2,28,33). The molecular weight excluding hydrogens is 580 g/mol. The fourth-order valence-corrected chi connectivity index (χ4v) is 4.58. The Morgan fingerprint density at radius 2 is 1.78 bits per heavy atom. The van der Waals surface area contributed by atoms with E-state index >= 15 is 0 Å². The smallest absolute Gasteiger partial charge is 0.335 e. The van der Waals surface area contributed by atoms with Crippen LogP contribution in [0.2, 0.25) is 0 Å². The van der Waals surface area contributed by atoms with Crippen LogP contribution >= 0.6 is 22.6 Å². The van der Waals surface area contributed by atoms with Crippen LogP contribution in [0.1, 0.15) is 17.5 Å². The molecule has 0 aliphatic rings. The van der Waals surface area contributed by atoms with Gasteiger partial charge in [-0.25, -0.2) is 9.18 Å². The first-order valence-electron chi connectivity index (χ1n) is 11.0. The maximum absolute atomic E-state index is 14.7. The first-order valence-corrected chi connectivity index (χ1v) is 12.0. The van der Waals surface area contributed by atoms with Crippen molar-refractivity contribution in [3.8, 4) is 5.69 Å². The van der Waals surface area contributed by atoms with Crippen molar-refractivity contribution in [1.29, 1.82) is 0 Å². The van der Waals surface area contributed by atoms with Crippen molar-refractivity contribution in [2.24, 2.45) is 19.8 Å². The topological polar surface area (TPSA) is 121 Å². The van der Waals surface area contributed by atoms with Crippen LogP contribution in [0.15, 0.2) is 56.8 Å². The molecular formula is C25H23FIN5O4. The van der Waals surface area contributed by atoms with Gasteiger partial charge in [-0.15, -0.1) is 0 Å². The molecule has 36 heavy (non-hydrogen) atoms. The normalized spacial score (nSPS) is 11.1. The zero-order valence-corrected chi connectivity index (χ0v) is 21.9. The molecule has 2 heterocycles. The van der Waals surface area contributed by atoms with Gasteiger partial charge in [-0.1, -0.05) is 12.1 Å². The van der Waals surface area contributed by atoms with Crippen LogP contribution in [0.4, 0.5) is 15.9 Å². The second-order valence-electron chi connectivity index (χ2n) is 8.43. The number of anilines is 2. The van der Waals surface area contributed by atoms with E-state index in [9.17, 15) is 23.6 Å². The number of nitrogens with one attached hydrogen (secondary N) is 1. The Labute approximate surface area is 218 Å². The van der Waals surface area contributed by atoms with Gasteiger partial charge in [-0.05, 0) is 71.8 Å². The Kier molecular flexibility index (Phi) is 6.85. The molecule has 3 N–H and O–H groups in total. The first kappa shape index (κ1) is 25.4. The van der Waals surface area contributed by atoms with Crippen LogP contribution in [-0.4, -0.2) is 19.6 Å². The molecule has 0 radical (unpaired) electrons. The highest BCUT2D eigenvalue weighted by atomic mass is 127. The number of aromatic nitrogens is 3. The van der Waals surface area contributed by atoms with Crippen molar-refractivity contribution in [2.75, 3.05) is 5.32 Å². The van der Waals surface area contributed by atoms with E-state index in [0.717, 1.165) is 10.1 Å². The molecule has 9 nitrogen and oxygen atoms in total. The minimum Gasteiger partial charge on any atom is -0.370 e. The number of nitrogens with two attached hydrogens (primary N) is 1. The van der Waals surface area contributed by atoms with Gasteiger partial charge in [0.2, 0.25) is 5.91 Å². The molecule has 0 spiro atoms. The number of carbonyl (C=O) groups is 1. The molecule has 0 aliphatic carbocycles. The second-order valence-corrected chi connectivity index (χ2v) is 9.67. The summed E-state index contributed by atoms with van der Waals surface area (Å²) in [6, 6.07) is 11.4. The average Bonchev–Trinajstić information content (AvgIpc) is 2.84. The lowest BCUT2D eigenvalue weighted by molar-refractivity contribution is -0.117. The van der Waals surface area contributed by atoms with Gasteiger partial charge < -0.3 is 11.1 Å². The second kappa shape index (κ2) is 9.72. The SMILES string of the molecule is Cc1c(=O)n(C)c(Nc2ccc(I)cc2F)c2c(=O)n(C)c(=O)n(-c3cccc(CCC(N)=O)c3)c12. The summed E-state index contributed by atoms with van der Waals surface area (Å²) < 4.78 is 18.8. The fraction of sp³-hybridized carbons (Fsp3) is 0.200. The van der Waals surface area contributed by atoms with Crippen molar-refractivity contribution in [3.05, 3.63) is 94.2 Å². The van der Waals surface area contributed by atoms with Crippen molar-refractivity contribution < 1.29 is 9.18 Å². The Hall–Kier alpha value is -3.74. The summed E-state index contributed by atoms with van der Waals surface area (Å²) in [6.45, 7) is 1.53. The van der Waals surface area contributed by atoms with Gasteiger partial charge in [0.15, 0.2) is 0 Å². The summed E-state index contributed by atoms with van der Waals surface area (Å²) in [4.78, 5) is 51.2. The lowest BCUT2D eigenvalue weighted by atomic mass is 10.1. The minimum absolute atomic E-state index is 0.0530. The summed E-state index contributed by atoms with van der Waals surface area (Å²) in [6.07, 6.45) is 0.489. The van der Waals surface area contributed by atoms with Gasteiger partial charge in [0.25, 0.3) is 11.1 Å². The maximum atomic E-state index is 14.7. The Balaban J connectivity index is 2.08. The quantitative estimate of drug-likeness (QED) is 0.329. The van der Waals surface area contributed by atoms with Crippen molar-refractivity contribution in [2.45, 2.75) is 19.8 Å². The van der Waals surface area contributed by atoms with Crippen LogP contribution < -0.4 is 27.9 Å². The van der Waals surface area contributed by atoms with Gasteiger partial charge in [-0.2, -0.15) is 0 Å². The highest BCUT2D eigenvalue weighted by molar-refractivity contribution is 14.1. The summed E-state index contributed by atoms with van der Waals surface area (Å²) in [7, 11) is 2.81. The molecule has 0 bridgehead atoms. The molecule has 4 aromatic rings. The highest BCUT2D eigenvalue weighted by Gasteiger charge is 2.23. The van der Waals surface area contributed by atoms with Crippen molar-refractivity contribution in [3.63, 3.8) is 0 Å². The van der Waals surface area contributed by atoms with E-state index in [1.807, 2.05) is 22.6 Å². The molecule has 2 aromatic carbocycles. The number of fused-ring (bicyclic) bond motifs is 1. The van der Waals surface area contributed by atoms with Crippen LogP contribution in [-0.2, 0) is 25.3 Å². The zero-order valence-electron chi connectivity index (χ0n) is 19.8. The number of rotatable bonds is 6. The van der Waals surface area contributed by atoms with Gasteiger partial charge in [0, 0.05) is 29.6 Å². The molecule has 4 rings (SSSR count). The average molecular weight is 603 g/mol. The van der Waals surface area contributed by atoms with Gasteiger partial charge in [0.1, 0.15) is 17.0 Å². The third kappa shape index (κ3) is 4.45. The van der Waals surface area contributed by atoms with E-state index in [1.54, 1.807) is 30.3 Å². The zero-order chi connectivity index (χ0) is 26.3. The van der Waals surface area contributed by atoms with Gasteiger partial charge >= 0.3 is 5.69 Å². The monoisotopic (exact) mass is 603 g/mol. The van der Waals surface area contributed by atoms with Crippen molar-refractivity contribution in [1.82, 2.24) is 13.7 Å². The first-order chi connectivity index (χ1) is 17.0. The third-order valence-corrected chi connectivity index (χ3v) is 6.69. The van der Waals surface area contributed by atoms with Crippen LogP contribution in [0.5, 0.6) is 0 Å². The molecule has 1 amide bonds. The van der Waals surface area contributed by atoms with Crippen LogP contribution in [0.25, 0.3) is 16.6 Å². The lowest BCUT2D eigenvalue weighted by Gasteiger charge is -2.20. The number of halogens is 2. The summed E-state index contributed by atoms with van der Waals surface area (Å²) in [5.41, 5.74) is 5.06. The Morgan fingerprint density at radius 1 is 1.06 bits per heavy atom. The summed E-state index contributed by atoms with van der Waals surface area (Å²) >= 11 is 1.98. The van der Waals surface area contributed by atoms with Crippen LogP contribution in [0.3, 0.4) is 0 Å². The predicted octanol–water partition coefficient (Wildman–Crippen LogP) is 2.60. The Bertz CT molecular complexity index is 1720. The highest BCUT2D eigenvalue weighted by Crippen LogP contribution is 2.27. The molecule has 186 valence electrons. The number of benzene rings is 2. The molecule has 11 heteroatoms. The van der Waals surface area contributed by atoms with Crippen molar-refractivity contribution >= 4 is 50.9 Å². The fourth-order valence-electron chi connectivity index (χ4n) is 4.13. The number of aryl methyl sites for hydroxylation is 2. The molecule has 0 fully saturated rings. The molecule has 0 saturated heterocycles. The maximum Gasteiger partial charge on any atom is 0.335 e. The van der Waals surface area contributed by atoms with E-state index in [-0.39, 0.29) is 34.4 Å². The van der Waals surface area contributed by atoms with E-state index < -0.39 is 28.5 Å². The Morgan fingerprint density at radius 3 is 2.44 bits per heavy atom. The van der Waals surface area contributed by atoms with E-state index in [2.05, 4.69) is 5.32 Å². The molecule has 0 saturated carbocycles. The number of carbonyl (C=O) groups excluding carboxylic acids is 1. The van der Waals surface area contributed by atoms with Gasteiger partial charge in [0.05, 0.1) is 16.9 Å². The predicted molar refractivity (Wildman–Crippen MR) is 145 cm³/mol. The van der Waals surface area contributed by atoms with Crippen LogP contribution in [0, 0.1) is 16.3 Å². The molecule has 2 aromatic heterocycles. The number of pyridine rings is 1. The third-order valence-electron chi connectivity index (χ3n) is 6.02. The van der Waals surface area contributed by atoms with E-state index in [1.165, 1.54) is 42.3 Å².